The van der Waals surface area contributed by atoms with Crippen LogP contribution in [0, 0.1) is 5.92 Å². The summed E-state index contributed by atoms with van der Waals surface area (Å²) in [5.41, 5.74) is 0. The number of aliphatic hydroxyl groups is 1. The van der Waals surface area contributed by atoms with Gasteiger partial charge in [-0.1, -0.05) is 26.7 Å². The Hall–Kier alpha value is 0.270. The van der Waals surface area contributed by atoms with Crippen molar-refractivity contribution in [2.45, 2.75) is 70.9 Å². The summed E-state index contributed by atoms with van der Waals surface area (Å²) in [5.74, 6) is 1.77. The Balaban J connectivity index is 2.43. The van der Waals surface area contributed by atoms with E-state index in [1.54, 1.807) is 0 Å². The fourth-order valence-corrected chi connectivity index (χ4v) is 3.38. The van der Waals surface area contributed by atoms with Crippen molar-refractivity contribution >= 4 is 12.6 Å². The van der Waals surface area contributed by atoms with E-state index in [-0.39, 0.29) is 6.10 Å². The molecule has 1 heterocycles. The Kier molecular flexibility index (Phi) is 8.36. The van der Waals surface area contributed by atoms with Crippen molar-refractivity contribution in [3.8, 4) is 0 Å². The lowest BCUT2D eigenvalue weighted by Gasteiger charge is -2.37. The molecule has 2 unspecified atom stereocenters. The number of nitrogens with zero attached hydrogens (tertiary/aromatic N) is 1. The van der Waals surface area contributed by atoms with Crippen molar-refractivity contribution in [2.75, 3.05) is 18.8 Å². The molecule has 108 valence electrons. The predicted octanol–water partition coefficient (Wildman–Crippen LogP) is 3.35. The van der Waals surface area contributed by atoms with Gasteiger partial charge < -0.3 is 10.0 Å². The molecule has 0 aromatic rings. The molecular weight excluding hydrogens is 242 g/mol. The SMILES string of the molecule is CCCCC(CC(C)CCS)N1CCC(O)CC1. The van der Waals surface area contributed by atoms with Crippen LogP contribution in [-0.4, -0.2) is 41.0 Å². The number of hydrogen-bond acceptors (Lipinski definition) is 3. The first-order chi connectivity index (χ1) is 8.67. The highest BCUT2D eigenvalue weighted by atomic mass is 32.1. The molecule has 1 aliphatic heterocycles. The molecule has 1 N–H and O–H groups in total. The normalized spacial score (nSPS) is 22.0. The highest BCUT2D eigenvalue weighted by molar-refractivity contribution is 7.80. The summed E-state index contributed by atoms with van der Waals surface area (Å²) >= 11 is 4.35. The number of unbranched alkanes of at least 4 members (excludes halogenated alkanes) is 1. The molecule has 0 amide bonds. The fourth-order valence-electron chi connectivity index (χ4n) is 2.94. The highest BCUT2D eigenvalue weighted by Crippen LogP contribution is 2.23. The lowest BCUT2D eigenvalue weighted by Crippen LogP contribution is -2.43. The van der Waals surface area contributed by atoms with Crippen LogP contribution in [0.3, 0.4) is 0 Å². The van der Waals surface area contributed by atoms with Gasteiger partial charge in [0.15, 0.2) is 0 Å². The molecular formula is C15H31NOS. The van der Waals surface area contributed by atoms with Crippen LogP contribution in [0.4, 0.5) is 0 Å². The molecule has 2 atom stereocenters. The third kappa shape index (κ3) is 5.94. The van der Waals surface area contributed by atoms with Crippen molar-refractivity contribution in [3.05, 3.63) is 0 Å². The van der Waals surface area contributed by atoms with E-state index < -0.39 is 0 Å². The van der Waals surface area contributed by atoms with Crippen molar-refractivity contribution in [1.29, 1.82) is 0 Å². The molecule has 0 radical (unpaired) electrons. The topological polar surface area (TPSA) is 23.5 Å². The molecule has 0 saturated carbocycles. The summed E-state index contributed by atoms with van der Waals surface area (Å²) in [4.78, 5) is 2.62. The molecule has 0 aromatic heterocycles. The molecule has 1 fully saturated rings. The van der Waals surface area contributed by atoms with Gasteiger partial charge in [0, 0.05) is 19.1 Å². The number of rotatable bonds is 8. The lowest BCUT2D eigenvalue weighted by molar-refractivity contribution is 0.0513. The van der Waals surface area contributed by atoms with Crippen LogP contribution in [0.1, 0.15) is 58.8 Å². The van der Waals surface area contributed by atoms with Gasteiger partial charge in [0.25, 0.3) is 0 Å². The molecule has 0 bridgehead atoms. The third-order valence-corrected chi connectivity index (χ3v) is 4.46. The van der Waals surface area contributed by atoms with Crippen LogP contribution in [0.2, 0.25) is 0 Å². The van der Waals surface area contributed by atoms with Gasteiger partial charge >= 0.3 is 0 Å². The number of aliphatic hydroxyl groups excluding tert-OH is 1. The Morgan fingerprint density at radius 3 is 2.50 bits per heavy atom. The smallest absolute Gasteiger partial charge is 0.0564 e. The van der Waals surface area contributed by atoms with E-state index in [2.05, 4.69) is 31.4 Å². The second-order valence-electron chi connectivity index (χ2n) is 5.92. The second-order valence-corrected chi connectivity index (χ2v) is 6.36. The summed E-state index contributed by atoms with van der Waals surface area (Å²) < 4.78 is 0. The van der Waals surface area contributed by atoms with E-state index >= 15 is 0 Å². The first-order valence-electron chi connectivity index (χ1n) is 7.70. The maximum atomic E-state index is 9.61. The van der Waals surface area contributed by atoms with E-state index in [1.165, 1.54) is 32.1 Å². The summed E-state index contributed by atoms with van der Waals surface area (Å²) in [6.07, 6.45) is 8.34. The van der Waals surface area contributed by atoms with Crippen LogP contribution >= 0.6 is 12.6 Å². The predicted molar refractivity (Wildman–Crippen MR) is 82.4 cm³/mol. The standard InChI is InChI=1S/C15H31NOS/c1-3-4-5-14(12-13(2)8-11-18)16-9-6-15(17)7-10-16/h13-15,17-18H,3-12H2,1-2H3. The summed E-state index contributed by atoms with van der Waals surface area (Å²) in [7, 11) is 0. The third-order valence-electron chi connectivity index (χ3n) is 4.20. The first kappa shape index (κ1) is 16.3. The monoisotopic (exact) mass is 273 g/mol. The van der Waals surface area contributed by atoms with Crippen molar-refractivity contribution < 1.29 is 5.11 Å². The van der Waals surface area contributed by atoms with Crippen molar-refractivity contribution in [1.82, 2.24) is 4.90 Å². The quantitative estimate of drug-likeness (QED) is 0.663. The van der Waals surface area contributed by atoms with E-state index in [1.807, 2.05) is 0 Å². The highest BCUT2D eigenvalue weighted by Gasteiger charge is 2.24. The average Bonchev–Trinajstić information content (AvgIpc) is 2.36. The Bertz CT molecular complexity index is 205. The zero-order valence-corrected chi connectivity index (χ0v) is 13.0. The maximum Gasteiger partial charge on any atom is 0.0564 e. The van der Waals surface area contributed by atoms with Gasteiger partial charge in [-0.25, -0.2) is 0 Å². The van der Waals surface area contributed by atoms with Gasteiger partial charge in [0.2, 0.25) is 0 Å². The van der Waals surface area contributed by atoms with Gasteiger partial charge in [0.1, 0.15) is 0 Å². The number of hydrogen-bond donors (Lipinski definition) is 2. The summed E-state index contributed by atoms with van der Waals surface area (Å²) in [6, 6.07) is 0.729. The van der Waals surface area contributed by atoms with Crippen LogP contribution in [0.25, 0.3) is 0 Å². The number of piperidine rings is 1. The van der Waals surface area contributed by atoms with Gasteiger partial charge in [0.05, 0.1) is 6.10 Å². The Morgan fingerprint density at radius 1 is 1.28 bits per heavy atom. The van der Waals surface area contributed by atoms with Crippen LogP contribution in [0.15, 0.2) is 0 Å². The van der Waals surface area contributed by atoms with Crippen molar-refractivity contribution in [2.24, 2.45) is 5.92 Å². The van der Waals surface area contributed by atoms with Crippen LogP contribution in [0.5, 0.6) is 0 Å². The van der Waals surface area contributed by atoms with Crippen molar-refractivity contribution in [3.63, 3.8) is 0 Å². The van der Waals surface area contributed by atoms with Gasteiger partial charge in [-0.3, -0.25) is 0 Å². The van der Waals surface area contributed by atoms with E-state index in [9.17, 15) is 5.11 Å². The largest absolute Gasteiger partial charge is 0.393 e. The van der Waals surface area contributed by atoms with Gasteiger partial charge in [-0.15, -0.1) is 0 Å². The summed E-state index contributed by atoms with van der Waals surface area (Å²) in [6.45, 7) is 6.80. The molecule has 0 aliphatic carbocycles. The zero-order valence-electron chi connectivity index (χ0n) is 12.1. The minimum absolute atomic E-state index is 0.0528. The van der Waals surface area contributed by atoms with E-state index in [4.69, 9.17) is 0 Å². The minimum Gasteiger partial charge on any atom is -0.393 e. The molecule has 2 nitrogen and oxygen atoms in total. The molecule has 0 spiro atoms. The number of likely N-dealkylation sites (tertiary alicyclic amines) is 1. The molecule has 3 heteroatoms. The molecule has 1 aliphatic rings. The first-order valence-corrected chi connectivity index (χ1v) is 8.33. The lowest BCUT2D eigenvalue weighted by atomic mass is 9.93. The Labute approximate surface area is 119 Å². The average molecular weight is 273 g/mol. The maximum absolute atomic E-state index is 9.61. The minimum atomic E-state index is -0.0528. The second kappa shape index (κ2) is 9.22. The van der Waals surface area contributed by atoms with E-state index in [0.717, 1.165) is 43.6 Å². The summed E-state index contributed by atoms with van der Waals surface area (Å²) in [5, 5.41) is 9.61. The molecule has 1 saturated heterocycles. The Morgan fingerprint density at radius 2 is 1.94 bits per heavy atom. The van der Waals surface area contributed by atoms with Gasteiger partial charge in [-0.05, 0) is 43.8 Å². The zero-order chi connectivity index (χ0) is 13.4. The van der Waals surface area contributed by atoms with Crippen LogP contribution < -0.4 is 0 Å². The molecule has 18 heavy (non-hydrogen) atoms. The molecule has 1 rings (SSSR count). The van der Waals surface area contributed by atoms with Gasteiger partial charge in [-0.2, -0.15) is 12.6 Å². The molecule has 0 aromatic carbocycles. The van der Waals surface area contributed by atoms with E-state index in [0.29, 0.717) is 0 Å². The number of thiol groups is 1. The van der Waals surface area contributed by atoms with Crippen LogP contribution in [-0.2, 0) is 0 Å². The fraction of sp³-hybridized carbons (Fsp3) is 1.00.